The molecule has 1 aliphatic rings. The van der Waals surface area contributed by atoms with E-state index in [1.165, 1.54) is 0 Å². The molecule has 0 aromatic heterocycles. The number of rotatable bonds is 2. The van der Waals surface area contributed by atoms with Crippen molar-refractivity contribution in [2.75, 3.05) is 0 Å². The van der Waals surface area contributed by atoms with E-state index >= 15 is 0 Å². The first kappa shape index (κ1) is 7.54. The zero-order valence-corrected chi connectivity index (χ0v) is 5.92. The zero-order chi connectivity index (χ0) is 7.40. The smallest absolute Gasteiger partial charge is 0.207 e. The maximum absolute atomic E-state index is 9.99. The molecule has 0 aromatic carbocycles. The van der Waals surface area contributed by atoms with E-state index in [9.17, 15) is 4.79 Å². The second kappa shape index (κ2) is 3.56. The Morgan fingerprint density at radius 3 is 2.90 bits per heavy atom. The molecule has 3 nitrogen and oxygen atoms in total. The molecule has 0 radical (unpaired) electrons. The highest BCUT2D eigenvalue weighted by molar-refractivity contribution is 5.46. The lowest BCUT2D eigenvalue weighted by Gasteiger charge is -2.24. The molecule has 0 bridgehead atoms. The summed E-state index contributed by atoms with van der Waals surface area (Å²) in [5.41, 5.74) is 0. The van der Waals surface area contributed by atoms with Crippen LogP contribution in [0.3, 0.4) is 0 Å². The molecule has 0 spiro atoms. The van der Waals surface area contributed by atoms with E-state index in [1.807, 2.05) is 0 Å². The topological polar surface area (TPSA) is 49.3 Å². The number of amides is 1. The van der Waals surface area contributed by atoms with Gasteiger partial charge < -0.3 is 10.4 Å². The molecule has 0 heterocycles. The molecule has 0 aliphatic heterocycles. The lowest BCUT2D eigenvalue weighted by atomic mass is 9.93. The number of hydrogen-bond donors (Lipinski definition) is 2. The fourth-order valence-electron chi connectivity index (χ4n) is 1.41. The van der Waals surface area contributed by atoms with Crippen LogP contribution in [-0.2, 0) is 4.79 Å². The van der Waals surface area contributed by atoms with Gasteiger partial charge in [-0.3, -0.25) is 4.79 Å². The van der Waals surface area contributed by atoms with Crippen molar-refractivity contribution in [2.24, 2.45) is 0 Å². The van der Waals surface area contributed by atoms with Gasteiger partial charge >= 0.3 is 0 Å². The summed E-state index contributed by atoms with van der Waals surface area (Å²) in [6, 6.07) is 0.209. The SMILES string of the molecule is O=CNC1CCCC(O)C1. The summed E-state index contributed by atoms with van der Waals surface area (Å²) < 4.78 is 0. The van der Waals surface area contributed by atoms with Gasteiger partial charge in [-0.15, -0.1) is 0 Å². The highest BCUT2D eigenvalue weighted by Gasteiger charge is 2.18. The van der Waals surface area contributed by atoms with E-state index in [0.29, 0.717) is 6.41 Å². The highest BCUT2D eigenvalue weighted by atomic mass is 16.3. The van der Waals surface area contributed by atoms with E-state index in [4.69, 9.17) is 5.11 Å². The van der Waals surface area contributed by atoms with Crippen LogP contribution in [0.25, 0.3) is 0 Å². The summed E-state index contributed by atoms with van der Waals surface area (Å²) in [5.74, 6) is 0. The van der Waals surface area contributed by atoms with Crippen LogP contribution in [0.2, 0.25) is 0 Å². The first-order chi connectivity index (χ1) is 4.83. The molecular weight excluding hydrogens is 130 g/mol. The van der Waals surface area contributed by atoms with Crippen molar-refractivity contribution in [3.05, 3.63) is 0 Å². The van der Waals surface area contributed by atoms with Gasteiger partial charge in [0.05, 0.1) is 6.10 Å². The quantitative estimate of drug-likeness (QED) is 0.536. The minimum Gasteiger partial charge on any atom is -0.393 e. The molecule has 1 rings (SSSR count). The van der Waals surface area contributed by atoms with E-state index < -0.39 is 0 Å². The third-order valence-electron chi connectivity index (χ3n) is 1.95. The second-order valence-corrected chi connectivity index (χ2v) is 2.80. The highest BCUT2D eigenvalue weighted by Crippen LogP contribution is 2.17. The number of aliphatic hydroxyl groups excluding tert-OH is 1. The number of carbonyl (C=O) groups excluding carboxylic acids is 1. The van der Waals surface area contributed by atoms with Gasteiger partial charge in [-0.2, -0.15) is 0 Å². The molecule has 1 saturated carbocycles. The van der Waals surface area contributed by atoms with Crippen LogP contribution in [0.15, 0.2) is 0 Å². The fourth-order valence-corrected chi connectivity index (χ4v) is 1.41. The van der Waals surface area contributed by atoms with Gasteiger partial charge in [0.25, 0.3) is 0 Å². The van der Waals surface area contributed by atoms with Gasteiger partial charge in [0.15, 0.2) is 0 Å². The number of nitrogens with one attached hydrogen (secondary N) is 1. The maximum Gasteiger partial charge on any atom is 0.207 e. The van der Waals surface area contributed by atoms with Crippen molar-refractivity contribution >= 4 is 6.41 Å². The van der Waals surface area contributed by atoms with Crippen LogP contribution in [0.1, 0.15) is 25.7 Å². The van der Waals surface area contributed by atoms with Crippen molar-refractivity contribution in [3.8, 4) is 0 Å². The minimum atomic E-state index is -0.203. The largest absolute Gasteiger partial charge is 0.393 e. The van der Waals surface area contributed by atoms with Crippen molar-refractivity contribution in [1.29, 1.82) is 0 Å². The zero-order valence-electron chi connectivity index (χ0n) is 5.92. The molecule has 3 heteroatoms. The van der Waals surface area contributed by atoms with Gasteiger partial charge in [0.1, 0.15) is 0 Å². The van der Waals surface area contributed by atoms with Gasteiger partial charge in [0.2, 0.25) is 6.41 Å². The third kappa shape index (κ3) is 1.99. The van der Waals surface area contributed by atoms with Crippen LogP contribution in [0.4, 0.5) is 0 Å². The van der Waals surface area contributed by atoms with Crippen LogP contribution < -0.4 is 5.32 Å². The minimum absolute atomic E-state index is 0.203. The van der Waals surface area contributed by atoms with E-state index in [-0.39, 0.29) is 12.1 Å². The Balaban J connectivity index is 2.24. The average Bonchev–Trinajstić information content (AvgIpc) is 1.88. The third-order valence-corrected chi connectivity index (χ3v) is 1.95. The lowest BCUT2D eigenvalue weighted by Crippen LogP contribution is -2.34. The Labute approximate surface area is 60.4 Å². The molecule has 2 unspecified atom stereocenters. The average molecular weight is 143 g/mol. The molecule has 0 aromatic rings. The summed E-state index contributed by atoms with van der Waals surface area (Å²) in [4.78, 5) is 9.99. The van der Waals surface area contributed by atoms with Gasteiger partial charge in [0, 0.05) is 6.04 Å². The van der Waals surface area contributed by atoms with Gasteiger partial charge in [-0.05, 0) is 25.7 Å². The van der Waals surface area contributed by atoms with E-state index in [1.54, 1.807) is 0 Å². The van der Waals surface area contributed by atoms with Crippen LogP contribution >= 0.6 is 0 Å². The van der Waals surface area contributed by atoms with Crippen LogP contribution in [0, 0.1) is 0 Å². The molecular formula is C7H13NO2. The van der Waals surface area contributed by atoms with E-state index in [2.05, 4.69) is 5.32 Å². The predicted octanol–water partition coefficient (Wildman–Crippen LogP) is 0.0359. The normalized spacial score (nSPS) is 33.3. The number of hydrogen-bond acceptors (Lipinski definition) is 2. The standard InChI is InChI=1S/C7H13NO2/c9-5-8-6-2-1-3-7(10)4-6/h5-7,10H,1-4H2,(H,8,9). The Kier molecular flexibility index (Phi) is 2.68. The summed E-state index contributed by atoms with van der Waals surface area (Å²) >= 11 is 0. The fraction of sp³-hybridized carbons (Fsp3) is 0.857. The Bertz CT molecular complexity index is 116. The molecule has 1 fully saturated rings. The van der Waals surface area contributed by atoms with E-state index in [0.717, 1.165) is 25.7 Å². The van der Waals surface area contributed by atoms with Crippen molar-refractivity contribution in [1.82, 2.24) is 5.32 Å². The van der Waals surface area contributed by atoms with Crippen LogP contribution in [0.5, 0.6) is 0 Å². The monoisotopic (exact) mass is 143 g/mol. The lowest BCUT2D eigenvalue weighted by molar-refractivity contribution is -0.110. The first-order valence-corrected chi connectivity index (χ1v) is 3.70. The predicted molar refractivity (Wildman–Crippen MR) is 37.5 cm³/mol. The molecule has 1 amide bonds. The maximum atomic E-state index is 9.99. The molecule has 58 valence electrons. The number of aliphatic hydroxyl groups is 1. The molecule has 2 atom stereocenters. The Morgan fingerprint density at radius 2 is 2.30 bits per heavy atom. The number of carbonyl (C=O) groups is 1. The molecule has 1 aliphatic carbocycles. The summed E-state index contributed by atoms with van der Waals surface area (Å²) in [6.45, 7) is 0. The van der Waals surface area contributed by atoms with Crippen molar-refractivity contribution in [2.45, 2.75) is 37.8 Å². The second-order valence-electron chi connectivity index (χ2n) is 2.80. The summed E-state index contributed by atoms with van der Waals surface area (Å²) in [7, 11) is 0. The molecule has 2 N–H and O–H groups in total. The summed E-state index contributed by atoms with van der Waals surface area (Å²) in [5, 5.41) is 11.8. The van der Waals surface area contributed by atoms with Crippen molar-refractivity contribution < 1.29 is 9.90 Å². The molecule has 10 heavy (non-hydrogen) atoms. The van der Waals surface area contributed by atoms with Gasteiger partial charge in [-0.1, -0.05) is 0 Å². The Hall–Kier alpha value is -0.570. The Morgan fingerprint density at radius 1 is 1.50 bits per heavy atom. The first-order valence-electron chi connectivity index (χ1n) is 3.70. The van der Waals surface area contributed by atoms with Gasteiger partial charge in [-0.25, -0.2) is 0 Å². The summed E-state index contributed by atoms with van der Waals surface area (Å²) in [6.07, 6.45) is 4.15. The van der Waals surface area contributed by atoms with Crippen LogP contribution in [-0.4, -0.2) is 23.7 Å². The van der Waals surface area contributed by atoms with Crippen molar-refractivity contribution in [3.63, 3.8) is 0 Å². The molecule has 0 saturated heterocycles.